The number of aliphatic hydroxyl groups is 3. The first-order chi connectivity index (χ1) is 9.96. The van der Waals surface area contributed by atoms with Crippen LogP contribution >= 0.6 is 0 Å². The molecule has 118 valence electrons. The number of benzene rings is 1. The van der Waals surface area contributed by atoms with Crippen molar-refractivity contribution >= 4 is 11.6 Å². The molecule has 0 aromatic heterocycles. The van der Waals surface area contributed by atoms with Crippen molar-refractivity contribution in [2.75, 3.05) is 39.8 Å². The summed E-state index contributed by atoms with van der Waals surface area (Å²) in [6, 6.07) is 2.91. The van der Waals surface area contributed by atoms with Gasteiger partial charge in [0.05, 0.1) is 45.3 Å². The molecular formula is C13H20N2O6. The summed E-state index contributed by atoms with van der Waals surface area (Å²) in [6.45, 7) is -1.90. The van der Waals surface area contributed by atoms with Crippen LogP contribution in [-0.4, -0.2) is 60.8 Å². The molecule has 0 bridgehead atoms. The quantitative estimate of drug-likeness (QED) is 0.396. The van der Waals surface area contributed by atoms with Crippen LogP contribution < -0.4 is 20.5 Å². The molecule has 8 nitrogen and oxygen atoms in total. The molecule has 0 aliphatic heterocycles. The summed E-state index contributed by atoms with van der Waals surface area (Å²) in [7, 11) is 2.82. The fourth-order valence-corrected chi connectivity index (χ4v) is 1.65. The summed E-state index contributed by atoms with van der Waals surface area (Å²) in [5.74, 6) is -0.0715. The molecule has 0 aliphatic carbocycles. The molecule has 0 fully saturated rings. The monoisotopic (exact) mass is 300 g/mol. The molecule has 0 heterocycles. The Balaban J connectivity index is 3.17. The van der Waals surface area contributed by atoms with Crippen LogP contribution in [0.2, 0.25) is 0 Å². The molecule has 0 saturated heterocycles. The number of ether oxygens (including phenoxy) is 2. The molecule has 0 atom stereocenters. The zero-order chi connectivity index (χ0) is 16.0. The van der Waals surface area contributed by atoms with Crippen molar-refractivity contribution in [3.05, 3.63) is 17.7 Å². The number of methoxy groups -OCH3 is 2. The molecule has 1 aromatic carbocycles. The molecule has 21 heavy (non-hydrogen) atoms. The van der Waals surface area contributed by atoms with E-state index >= 15 is 0 Å². The molecule has 6 N–H and O–H groups in total. The van der Waals surface area contributed by atoms with E-state index in [4.69, 9.17) is 15.2 Å². The van der Waals surface area contributed by atoms with Crippen LogP contribution in [0, 0.1) is 0 Å². The Hall–Kier alpha value is -2.03. The summed E-state index contributed by atoms with van der Waals surface area (Å²) in [6.07, 6.45) is 0. The minimum Gasteiger partial charge on any atom is -0.497 e. The summed E-state index contributed by atoms with van der Waals surface area (Å²) >= 11 is 0. The van der Waals surface area contributed by atoms with Crippen LogP contribution in [0.5, 0.6) is 11.5 Å². The number of anilines is 1. The van der Waals surface area contributed by atoms with E-state index in [2.05, 4.69) is 5.32 Å². The van der Waals surface area contributed by atoms with Crippen LogP contribution in [-0.2, 0) is 0 Å². The van der Waals surface area contributed by atoms with Crippen LogP contribution in [0.25, 0.3) is 0 Å². The number of amides is 1. The minimum atomic E-state index is -1.54. The first-order valence-corrected chi connectivity index (χ1v) is 6.13. The molecule has 0 saturated carbocycles. The summed E-state index contributed by atoms with van der Waals surface area (Å²) in [5, 5.41) is 30.0. The second kappa shape index (κ2) is 7.11. The van der Waals surface area contributed by atoms with E-state index in [0.29, 0.717) is 5.75 Å². The standard InChI is InChI=1S/C13H20N2O6/c1-20-8-3-9(11(14)10(4-8)21-2)12(19)15-13(5-16,6-17)7-18/h3-4,16-18H,5-7,14H2,1-2H3,(H,15,19). The lowest BCUT2D eigenvalue weighted by Gasteiger charge is -2.29. The van der Waals surface area contributed by atoms with Crippen molar-refractivity contribution < 1.29 is 29.6 Å². The van der Waals surface area contributed by atoms with Crippen molar-refractivity contribution in [2.45, 2.75) is 5.54 Å². The first kappa shape index (κ1) is 17.0. The maximum atomic E-state index is 12.3. The van der Waals surface area contributed by atoms with Gasteiger partial charge >= 0.3 is 0 Å². The van der Waals surface area contributed by atoms with E-state index in [1.807, 2.05) is 0 Å². The number of hydrogen-bond donors (Lipinski definition) is 5. The molecular weight excluding hydrogens is 280 g/mol. The van der Waals surface area contributed by atoms with Crippen molar-refractivity contribution in [1.82, 2.24) is 5.32 Å². The summed E-state index contributed by atoms with van der Waals surface area (Å²) in [5.41, 5.74) is 4.42. The van der Waals surface area contributed by atoms with Gasteiger partial charge in [-0.2, -0.15) is 0 Å². The second-order valence-electron chi connectivity index (χ2n) is 4.50. The number of carbonyl (C=O) groups excluding carboxylic acids is 1. The minimum absolute atomic E-state index is 0.0472. The van der Waals surface area contributed by atoms with Gasteiger partial charge < -0.3 is 35.8 Å². The van der Waals surface area contributed by atoms with Gasteiger partial charge in [0.15, 0.2) is 0 Å². The highest BCUT2D eigenvalue weighted by molar-refractivity contribution is 6.01. The zero-order valence-electron chi connectivity index (χ0n) is 11.9. The molecule has 0 spiro atoms. The van der Waals surface area contributed by atoms with Crippen molar-refractivity contribution in [2.24, 2.45) is 0 Å². The Kier molecular flexibility index (Phi) is 5.77. The Morgan fingerprint density at radius 1 is 1.19 bits per heavy atom. The van der Waals surface area contributed by atoms with Gasteiger partial charge in [-0.05, 0) is 6.07 Å². The van der Waals surface area contributed by atoms with Gasteiger partial charge in [0.25, 0.3) is 5.91 Å². The SMILES string of the molecule is COc1cc(OC)c(N)c(C(=O)NC(CO)(CO)CO)c1. The molecule has 0 unspecified atom stereocenters. The highest BCUT2D eigenvalue weighted by atomic mass is 16.5. The largest absolute Gasteiger partial charge is 0.497 e. The Morgan fingerprint density at radius 3 is 2.19 bits per heavy atom. The van der Waals surface area contributed by atoms with Gasteiger partial charge in [0, 0.05) is 6.07 Å². The smallest absolute Gasteiger partial charge is 0.254 e. The average Bonchev–Trinajstić information content (AvgIpc) is 2.52. The van der Waals surface area contributed by atoms with Crippen LogP contribution in [0.15, 0.2) is 12.1 Å². The third-order valence-electron chi connectivity index (χ3n) is 3.10. The number of rotatable bonds is 7. The van der Waals surface area contributed by atoms with Crippen LogP contribution in [0.3, 0.4) is 0 Å². The lowest BCUT2D eigenvalue weighted by molar-refractivity contribution is 0.0375. The van der Waals surface area contributed by atoms with Gasteiger partial charge in [-0.1, -0.05) is 0 Å². The van der Waals surface area contributed by atoms with E-state index in [1.54, 1.807) is 0 Å². The molecule has 8 heteroatoms. The summed E-state index contributed by atoms with van der Waals surface area (Å²) in [4.78, 5) is 12.3. The van der Waals surface area contributed by atoms with E-state index in [1.165, 1.54) is 26.4 Å². The lowest BCUT2D eigenvalue weighted by Crippen LogP contribution is -2.57. The number of nitrogens with two attached hydrogens (primary N) is 1. The number of nitrogen functional groups attached to an aromatic ring is 1. The molecule has 1 aromatic rings. The topological polar surface area (TPSA) is 134 Å². The third-order valence-corrected chi connectivity index (χ3v) is 3.10. The van der Waals surface area contributed by atoms with Gasteiger partial charge in [0.1, 0.15) is 17.0 Å². The van der Waals surface area contributed by atoms with E-state index in [-0.39, 0.29) is 17.0 Å². The average molecular weight is 300 g/mol. The number of nitrogens with one attached hydrogen (secondary N) is 1. The fraction of sp³-hybridized carbons (Fsp3) is 0.462. The summed E-state index contributed by atoms with van der Waals surface area (Å²) < 4.78 is 10.1. The highest BCUT2D eigenvalue weighted by Gasteiger charge is 2.31. The van der Waals surface area contributed by atoms with Gasteiger partial charge in [0.2, 0.25) is 0 Å². The maximum absolute atomic E-state index is 12.3. The second-order valence-corrected chi connectivity index (χ2v) is 4.50. The zero-order valence-corrected chi connectivity index (χ0v) is 11.9. The fourth-order valence-electron chi connectivity index (χ4n) is 1.65. The maximum Gasteiger partial charge on any atom is 0.254 e. The number of aliphatic hydroxyl groups excluding tert-OH is 3. The number of carbonyl (C=O) groups is 1. The Morgan fingerprint density at radius 2 is 1.76 bits per heavy atom. The van der Waals surface area contributed by atoms with Crippen LogP contribution in [0.1, 0.15) is 10.4 Å². The highest BCUT2D eigenvalue weighted by Crippen LogP contribution is 2.31. The predicted molar refractivity (Wildman–Crippen MR) is 75.4 cm³/mol. The molecule has 0 aliphatic rings. The predicted octanol–water partition coefficient (Wildman–Crippen LogP) is -1.27. The van der Waals surface area contributed by atoms with Crippen molar-refractivity contribution in [1.29, 1.82) is 0 Å². The number of hydrogen-bond acceptors (Lipinski definition) is 7. The lowest BCUT2D eigenvalue weighted by atomic mass is 10.0. The van der Waals surface area contributed by atoms with Gasteiger partial charge in [-0.25, -0.2) is 0 Å². The van der Waals surface area contributed by atoms with E-state index < -0.39 is 31.3 Å². The van der Waals surface area contributed by atoms with Crippen molar-refractivity contribution in [3.8, 4) is 11.5 Å². The third kappa shape index (κ3) is 3.54. The van der Waals surface area contributed by atoms with Gasteiger partial charge in [-0.15, -0.1) is 0 Å². The molecule has 0 radical (unpaired) electrons. The Labute approximate surface area is 122 Å². The Bertz CT molecular complexity index is 493. The van der Waals surface area contributed by atoms with E-state index in [9.17, 15) is 20.1 Å². The molecule has 1 amide bonds. The molecule has 1 rings (SSSR count). The van der Waals surface area contributed by atoms with E-state index in [0.717, 1.165) is 0 Å². The van der Waals surface area contributed by atoms with Crippen molar-refractivity contribution in [3.63, 3.8) is 0 Å². The normalized spacial score (nSPS) is 11.1. The first-order valence-electron chi connectivity index (χ1n) is 6.13. The van der Waals surface area contributed by atoms with Crippen LogP contribution in [0.4, 0.5) is 5.69 Å². The van der Waals surface area contributed by atoms with Gasteiger partial charge in [-0.3, -0.25) is 4.79 Å².